The molecule has 3 rings (SSSR count). The van der Waals surface area contributed by atoms with Gasteiger partial charge in [0.2, 0.25) is 0 Å². The van der Waals surface area contributed by atoms with Crippen LogP contribution in [-0.4, -0.2) is 29.3 Å². The predicted octanol–water partition coefficient (Wildman–Crippen LogP) is 3.48. The summed E-state index contributed by atoms with van der Waals surface area (Å²) in [4.78, 5) is 16.9. The van der Waals surface area contributed by atoms with Gasteiger partial charge < -0.3 is 14.0 Å². The fraction of sp³-hybridized carbons (Fsp3) is 0.438. The second kappa shape index (κ2) is 7.09. The first-order valence-corrected chi connectivity index (χ1v) is 8.26. The number of halogens is 2. The van der Waals surface area contributed by atoms with E-state index in [0.717, 1.165) is 0 Å². The van der Waals surface area contributed by atoms with Gasteiger partial charge in [-0.25, -0.2) is 0 Å². The lowest BCUT2D eigenvalue weighted by atomic mass is 9.74. The van der Waals surface area contributed by atoms with Crippen LogP contribution in [0.4, 0.5) is 0 Å². The lowest BCUT2D eigenvalue weighted by molar-refractivity contribution is -0.157. The molecule has 0 spiro atoms. The smallest absolute Gasteiger partial charge is 0.317 e. The van der Waals surface area contributed by atoms with Crippen molar-refractivity contribution in [1.29, 1.82) is 0 Å². The van der Waals surface area contributed by atoms with Gasteiger partial charge >= 0.3 is 5.97 Å². The Balaban J connectivity index is 1.86. The average Bonchev–Trinajstić information content (AvgIpc) is 2.98. The zero-order valence-electron chi connectivity index (χ0n) is 13.1. The minimum absolute atomic E-state index is 0.0759. The summed E-state index contributed by atoms with van der Waals surface area (Å²) in [6.45, 7) is 2.53. The molecule has 2 aromatic rings. The summed E-state index contributed by atoms with van der Waals surface area (Å²) in [7, 11) is 0. The third kappa shape index (κ3) is 3.41. The lowest BCUT2D eigenvalue weighted by Crippen LogP contribution is -2.42. The molecule has 0 atom stereocenters. The van der Waals surface area contributed by atoms with Gasteiger partial charge in [0.25, 0.3) is 5.89 Å². The second-order valence-electron chi connectivity index (χ2n) is 5.63. The van der Waals surface area contributed by atoms with Crippen molar-refractivity contribution in [3.8, 4) is 0 Å². The fourth-order valence-electron chi connectivity index (χ4n) is 2.84. The molecule has 0 saturated carbocycles. The highest BCUT2D eigenvalue weighted by molar-refractivity contribution is 6.35. The summed E-state index contributed by atoms with van der Waals surface area (Å²) in [6, 6.07) is 5.12. The van der Waals surface area contributed by atoms with Crippen LogP contribution in [0.5, 0.6) is 0 Å². The van der Waals surface area contributed by atoms with Crippen LogP contribution in [0.15, 0.2) is 22.7 Å². The topological polar surface area (TPSA) is 74.5 Å². The maximum atomic E-state index is 12.9. The van der Waals surface area contributed by atoms with Crippen molar-refractivity contribution in [1.82, 2.24) is 10.1 Å². The van der Waals surface area contributed by atoms with Crippen molar-refractivity contribution in [2.45, 2.75) is 31.8 Å². The van der Waals surface area contributed by atoms with Gasteiger partial charge in [0, 0.05) is 23.3 Å². The third-order valence-electron chi connectivity index (χ3n) is 4.08. The summed E-state index contributed by atoms with van der Waals surface area (Å²) in [5.41, 5.74) is -0.168. The van der Waals surface area contributed by atoms with E-state index in [1.165, 1.54) is 0 Å². The Hall–Kier alpha value is -1.63. The van der Waals surface area contributed by atoms with Crippen LogP contribution in [0.3, 0.4) is 0 Å². The van der Waals surface area contributed by atoms with Gasteiger partial charge in [-0.3, -0.25) is 4.79 Å². The molecule has 128 valence electrons. The molecule has 0 bridgehead atoms. The number of carbonyl (C=O) groups is 1. The zero-order valence-corrected chi connectivity index (χ0v) is 14.6. The van der Waals surface area contributed by atoms with Crippen molar-refractivity contribution < 1.29 is 18.8 Å². The van der Waals surface area contributed by atoms with Gasteiger partial charge in [-0.2, -0.15) is 4.98 Å². The van der Waals surface area contributed by atoms with E-state index in [1.54, 1.807) is 25.1 Å². The maximum Gasteiger partial charge on any atom is 0.317 e. The van der Waals surface area contributed by atoms with E-state index in [4.69, 9.17) is 37.2 Å². The first kappa shape index (κ1) is 17.2. The molecule has 0 N–H and O–H groups in total. The molecule has 24 heavy (non-hydrogen) atoms. The normalized spacial score (nSPS) is 16.8. The van der Waals surface area contributed by atoms with Crippen LogP contribution in [0.2, 0.25) is 10.0 Å². The largest absolute Gasteiger partial charge is 0.455 e. The van der Waals surface area contributed by atoms with Gasteiger partial charge in [0.15, 0.2) is 12.4 Å². The Kier molecular flexibility index (Phi) is 5.08. The Morgan fingerprint density at radius 1 is 1.33 bits per heavy atom. The molecule has 1 aliphatic rings. The highest BCUT2D eigenvalue weighted by atomic mass is 35.5. The molecule has 1 fully saturated rings. The van der Waals surface area contributed by atoms with Crippen LogP contribution in [0.25, 0.3) is 0 Å². The SMILES string of the molecule is Cc1noc(COC(=O)C2(c3ccc(Cl)cc3Cl)CCOCC2)n1. The summed E-state index contributed by atoms with van der Waals surface area (Å²) in [6.07, 6.45) is 0.964. The third-order valence-corrected chi connectivity index (χ3v) is 4.63. The summed E-state index contributed by atoms with van der Waals surface area (Å²) in [5, 5.41) is 4.63. The van der Waals surface area contributed by atoms with Crippen LogP contribution in [0.1, 0.15) is 30.1 Å². The van der Waals surface area contributed by atoms with Gasteiger partial charge in [-0.05, 0) is 37.5 Å². The zero-order chi connectivity index (χ0) is 17.2. The quantitative estimate of drug-likeness (QED) is 0.767. The van der Waals surface area contributed by atoms with Crippen LogP contribution < -0.4 is 0 Å². The van der Waals surface area contributed by atoms with E-state index in [0.29, 0.717) is 47.5 Å². The fourth-order valence-corrected chi connectivity index (χ4v) is 3.43. The van der Waals surface area contributed by atoms with Gasteiger partial charge in [0.05, 0.1) is 5.41 Å². The molecular formula is C16H16Cl2N2O4. The van der Waals surface area contributed by atoms with Crippen LogP contribution in [-0.2, 0) is 26.3 Å². The standard InChI is InChI=1S/C16H16Cl2N2O4/c1-10-19-14(24-20-10)9-23-15(21)16(4-6-22-7-5-16)12-3-2-11(17)8-13(12)18/h2-3,8H,4-7,9H2,1H3. The lowest BCUT2D eigenvalue weighted by Gasteiger charge is -2.35. The number of ether oxygens (including phenoxy) is 2. The van der Waals surface area contributed by atoms with E-state index in [-0.39, 0.29) is 18.5 Å². The molecule has 1 aromatic heterocycles. The Morgan fingerprint density at radius 2 is 2.08 bits per heavy atom. The summed E-state index contributed by atoms with van der Waals surface area (Å²) < 4.78 is 15.8. The maximum absolute atomic E-state index is 12.9. The number of benzene rings is 1. The van der Waals surface area contributed by atoms with Crippen molar-refractivity contribution >= 4 is 29.2 Å². The molecule has 1 aliphatic heterocycles. The van der Waals surface area contributed by atoms with Gasteiger partial charge in [-0.15, -0.1) is 0 Å². The van der Waals surface area contributed by atoms with Crippen molar-refractivity contribution in [2.24, 2.45) is 0 Å². The monoisotopic (exact) mass is 370 g/mol. The number of rotatable bonds is 4. The number of hydrogen-bond acceptors (Lipinski definition) is 6. The van der Waals surface area contributed by atoms with E-state index >= 15 is 0 Å². The number of nitrogens with zero attached hydrogens (tertiary/aromatic N) is 2. The Bertz CT molecular complexity index is 741. The Morgan fingerprint density at radius 3 is 2.71 bits per heavy atom. The first-order chi connectivity index (χ1) is 11.5. The number of hydrogen-bond donors (Lipinski definition) is 0. The van der Waals surface area contributed by atoms with Crippen molar-refractivity contribution in [2.75, 3.05) is 13.2 Å². The molecule has 0 unspecified atom stereocenters. The molecule has 0 radical (unpaired) electrons. The predicted molar refractivity (Wildman–Crippen MR) is 87.0 cm³/mol. The van der Waals surface area contributed by atoms with E-state index in [9.17, 15) is 4.79 Å². The van der Waals surface area contributed by atoms with E-state index < -0.39 is 5.41 Å². The Labute approximate surface area is 149 Å². The van der Waals surface area contributed by atoms with Gasteiger partial charge in [0.1, 0.15) is 0 Å². The number of esters is 1. The van der Waals surface area contributed by atoms with E-state index in [1.807, 2.05) is 0 Å². The summed E-state index contributed by atoms with van der Waals surface area (Å²) in [5.74, 6) is 0.360. The molecule has 6 nitrogen and oxygen atoms in total. The molecule has 0 aliphatic carbocycles. The summed E-state index contributed by atoms with van der Waals surface area (Å²) >= 11 is 12.3. The molecule has 2 heterocycles. The van der Waals surface area contributed by atoms with Crippen LogP contribution >= 0.6 is 23.2 Å². The minimum Gasteiger partial charge on any atom is -0.455 e. The highest BCUT2D eigenvalue weighted by Crippen LogP contribution is 2.40. The van der Waals surface area contributed by atoms with Crippen molar-refractivity contribution in [3.05, 3.63) is 45.5 Å². The highest BCUT2D eigenvalue weighted by Gasteiger charge is 2.44. The van der Waals surface area contributed by atoms with Gasteiger partial charge in [-0.1, -0.05) is 34.4 Å². The van der Waals surface area contributed by atoms with Crippen LogP contribution in [0, 0.1) is 6.92 Å². The number of carbonyl (C=O) groups excluding carboxylic acids is 1. The van der Waals surface area contributed by atoms with Crippen molar-refractivity contribution in [3.63, 3.8) is 0 Å². The molecule has 1 saturated heterocycles. The second-order valence-corrected chi connectivity index (χ2v) is 6.47. The minimum atomic E-state index is -0.866. The van der Waals surface area contributed by atoms with E-state index in [2.05, 4.69) is 10.1 Å². The molecule has 1 aromatic carbocycles. The average molecular weight is 371 g/mol. The number of aromatic nitrogens is 2. The number of aryl methyl sites for hydroxylation is 1. The molecular weight excluding hydrogens is 355 g/mol. The first-order valence-electron chi connectivity index (χ1n) is 7.51. The molecule has 8 heteroatoms. The molecule has 0 amide bonds.